The Hall–Kier alpha value is -0.770. The van der Waals surface area contributed by atoms with Crippen LogP contribution in [0, 0.1) is 0 Å². The largest absolute Gasteiger partial charge is 0.480 e. The summed E-state index contributed by atoms with van der Waals surface area (Å²) >= 11 is 0. The fraction of sp³-hybridized carbons (Fsp3) is 0.900. The molecule has 1 saturated heterocycles. The second-order valence-electron chi connectivity index (χ2n) is 4.39. The lowest BCUT2D eigenvalue weighted by Crippen LogP contribution is -2.58. The van der Waals surface area contributed by atoms with Crippen LogP contribution in [0.15, 0.2) is 0 Å². The van der Waals surface area contributed by atoms with Gasteiger partial charge in [0.05, 0.1) is 12.7 Å². The minimum absolute atomic E-state index is 0.0536. The Bertz CT molecular complexity index is 285. The van der Waals surface area contributed by atoms with Crippen LogP contribution < -0.4 is 5.73 Å². The van der Waals surface area contributed by atoms with Gasteiger partial charge in [0, 0.05) is 0 Å². The molecule has 0 aromatic heterocycles. The molecule has 0 amide bonds. The van der Waals surface area contributed by atoms with Crippen molar-refractivity contribution in [3.63, 3.8) is 0 Å². The van der Waals surface area contributed by atoms with Crippen molar-refractivity contribution >= 4 is 5.97 Å². The van der Waals surface area contributed by atoms with Crippen LogP contribution in [-0.4, -0.2) is 74.7 Å². The summed E-state index contributed by atoms with van der Waals surface area (Å²) in [5.74, 6) is -1.17. The van der Waals surface area contributed by atoms with E-state index in [1.165, 1.54) is 0 Å². The van der Waals surface area contributed by atoms with E-state index >= 15 is 0 Å². The van der Waals surface area contributed by atoms with E-state index in [1.54, 1.807) is 0 Å². The molecule has 0 saturated carbocycles. The van der Waals surface area contributed by atoms with E-state index in [4.69, 9.17) is 20.7 Å². The molecule has 8 nitrogen and oxygen atoms in total. The monoisotopic (exact) mass is 265 g/mol. The fourth-order valence-corrected chi connectivity index (χ4v) is 1.88. The molecule has 106 valence electrons. The summed E-state index contributed by atoms with van der Waals surface area (Å²) in [7, 11) is 0. The van der Waals surface area contributed by atoms with E-state index < -0.39 is 49.1 Å². The maximum Gasteiger partial charge on any atom is 0.320 e. The van der Waals surface area contributed by atoms with Crippen LogP contribution in [0.25, 0.3) is 0 Å². The number of hydrogen-bond acceptors (Lipinski definition) is 7. The molecule has 1 aliphatic rings. The zero-order valence-electron chi connectivity index (χ0n) is 9.72. The number of rotatable bonds is 5. The van der Waals surface area contributed by atoms with Crippen molar-refractivity contribution in [3.8, 4) is 0 Å². The van der Waals surface area contributed by atoms with Crippen LogP contribution in [0.2, 0.25) is 0 Å². The molecule has 1 rings (SSSR count). The predicted molar refractivity (Wildman–Crippen MR) is 58.6 cm³/mol. The lowest BCUT2D eigenvalue weighted by Gasteiger charge is -2.40. The van der Waals surface area contributed by atoms with Gasteiger partial charge in [0.2, 0.25) is 0 Å². The summed E-state index contributed by atoms with van der Waals surface area (Å²) in [4.78, 5) is 10.5. The Morgan fingerprint density at radius 3 is 2.22 bits per heavy atom. The van der Waals surface area contributed by atoms with Gasteiger partial charge >= 0.3 is 5.97 Å². The number of aliphatic hydroxyl groups is 4. The Morgan fingerprint density at radius 1 is 1.17 bits per heavy atom. The van der Waals surface area contributed by atoms with Gasteiger partial charge in [0.1, 0.15) is 30.5 Å². The number of carbonyl (C=O) groups is 1. The highest BCUT2D eigenvalue weighted by Crippen LogP contribution is 2.24. The number of aliphatic hydroxyl groups excluding tert-OH is 4. The zero-order chi connectivity index (χ0) is 13.9. The van der Waals surface area contributed by atoms with E-state index in [0.29, 0.717) is 0 Å². The molecule has 6 atom stereocenters. The number of carboxylic acid groups (broad SMARTS) is 1. The van der Waals surface area contributed by atoms with Crippen molar-refractivity contribution in [2.24, 2.45) is 5.73 Å². The molecular formula is C10H19NO7. The number of aliphatic carboxylic acids is 1. The molecular weight excluding hydrogens is 246 g/mol. The topological polar surface area (TPSA) is 153 Å². The standard InChI is InChI=1S/C10H19NO7/c11-4(10(16)17)1-2-5-7(13)9(15)8(14)6(3-12)18-5/h4-9,12-15H,1-3,11H2,(H,16,17)/t4-,5-,6+,7-,8-,9+/m0/s1. The highest BCUT2D eigenvalue weighted by Gasteiger charge is 2.43. The van der Waals surface area contributed by atoms with E-state index in [-0.39, 0.29) is 12.8 Å². The quantitative estimate of drug-likeness (QED) is 0.308. The summed E-state index contributed by atoms with van der Waals surface area (Å²) in [5, 5.41) is 46.3. The summed E-state index contributed by atoms with van der Waals surface area (Å²) in [6.45, 7) is -0.508. The third-order valence-electron chi connectivity index (χ3n) is 3.07. The lowest BCUT2D eigenvalue weighted by atomic mass is 9.92. The summed E-state index contributed by atoms with van der Waals surface area (Å²) in [6, 6.07) is -1.09. The number of nitrogens with two attached hydrogens (primary N) is 1. The number of ether oxygens (including phenoxy) is 1. The van der Waals surface area contributed by atoms with Crippen molar-refractivity contribution in [3.05, 3.63) is 0 Å². The molecule has 18 heavy (non-hydrogen) atoms. The normalized spacial score (nSPS) is 38.4. The minimum atomic E-state index is -1.44. The molecule has 0 aliphatic carbocycles. The molecule has 0 aromatic carbocycles. The van der Waals surface area contributed by atoms with Gasteiger partial charge in [-0.05, 0) is 12.8 Å². The molecule has 0 radical (unpaired) electrons. The second kappa shape index (κ2) is 6.41. The van der Waals surface area contributed by atoms with Gasteiger partial charge in [0.15, 0.2) is 0 Å². The van der Waals surface area contributed by atoms with Gasteiger partial charge in [-0.3, -0.25) is 4.79 Å². The van der Waals surface area contributed by atoms with Crippen molar-refractivity contribution in [2.45, 2.75) is 49.4 Å². The fourth-order valence-electron chi connectivity index (χ4n) is 1.88. The maximum atomic E-state index is 10.5. The van der Waals surface area contributed by atoms with Crippen LogP contribution >= 0.6 is 0 Å². The Balaban J connectivity index is 2.56. The second-order valence-corrected chi connectivity index (χ2v) is 4.39. The van der Waals surface area contributed by atoms with Gasteiger partial charge < -0.3 is 36.0 Å². The molecule has 0 aromatic rings. The van der Waals surface area contributed by atoms with E-state index in [0.717, 1.165) is 0 Å². The Morgan fingerprint density at radius 2 is 1.72 bits per heavy atom. The van der Waals surface area contributed by atoms with Crippen LogP contribution in [0.5, 0.6) is 0 Å². The maximum absolute atomic E-state index is 10.5. The van der Waals surface area contributed by atoms with Crippen LogP contribution in [0.3, 0.4) is 0 Å². The molecule has 1 aliphatic heterocycles. The average molecular weight is 265 g/mol. The summed E-state index contributed by atoms with van der Waals surface area (Å²) in [6.07, 6.45) is -5.88. The number of carboxylic acids is 1. The number of hydrogen-bond donors (Lipinski definition) is 6. The van der Waals surface area contributed by atoms with Crippen LogP contribution in [0.4, 0.5) is 0 Å². The first-order valence-electron chi connectivity index (χ1n) is 5.67. The first kappa shape index (κ1) is 15.3. The highest BCUT2D eigenvalue weighted by molar-refractivity contribution is 5.72. The van der Waals surface area contributed by atoms with Crippen molar-refractivity contribution in [1.29, 1.82) is 0 Å². The Kier molecular flexibility index (Phi) is 5.45. The SMILES string of the molecule is N[C@@H](CC[C@@H]1O[C@H](CO)[C@H](O)[C@H](O)[C@H]1O)C(=O)O. The van der Waals surface area contributed by atoms with Crippen LogP contribution in [-0.2, 0) is 9.53 Å². The molecule has 1 heterocycles. The third kappa shape index (κ3) is 3.37. The van der Waals surface area contributed by atoms with E-state index in [2.05, 4.69) is 0 Å². The van der Waals surface area contributed by atoms with E-state index in [1.807, 2.05) is 0 Å². The van der Waals surface area contributed by atoms with Crippen molar-refractivity contribution < 1.29 is 35.1 Å². The third-order valence-corrected chi connectivity index (χ3v) is 3.07. The molecule has 1 fully saturated rings. The minimum Gasteiger partial charge on any atom is -0.480 e. The zero-order valence-corrected chi connectivity index (χ0v) is 9.72. The van der Waals surface area contributed by atoms with Gasteiger partial charge in [0.25, 0.3) is 0 Å². The van der Waals surface area contributed by atoms with Crippen molar-refractivity contribution in [2.75, 3.05) is 6.61 Å². The van der Waals surface area contributed by atoms with Gasteiger partial charge in [-0.15, -0.1) is 0 Å². The van der Waals surface area contributed by atoms with E-state index in [9.17, 15) is 20.1 Å². The predicted octanol–water partition coefficient (Wildman–Crippen LogP) is -2.98. The van der Waals surface area contributed by atoms with Crippen molar-refractivity contribution in [1.82, 2.24) is 0 Å². The highest BCUT2D eigenvalue weighted by atomic mass is 16.5. The summed E-state index contributed by atoms with van der Waals surface area (Å²) in [5.41, 5.74) is 5.31. The first-order chi connectivity index (χ1) is 8.38. The van der Waals surface area contributed by atoms with Gasteiger partial charge in [-0.25, -0.2) is 0 Å². The lowest BCUT2D eigenvalue weighted by molar-refractivity contribution is -0.230. The first-order valence-corrected chi connectivity index (χ1v) is 5.67. The molecule has 7 N–H and O–H groups in total. The van der Waals surface area contributed by atoms with Crippen LogP contribution in [0.1, 0.15) is 12.8 Å². The average Bonchev–Trinajstić information content (AvgIpc) is 2.34. The van der Waals surface area contributed by atoms with Gasteiger partial charge in [-0.2, -0.15) is 0 Å². The summed E-state index contributed by atoms with van der Waals surface area (Å²) < 4.78 is 5.20. The van der Waals surface area contributed by atoms with Gasteiger partial charge in [-0.1, -0.05) is 0 Å². The Labute approximate surface area is 104 Å². The molecule has 0 spiro atoms. The smallest absolute Gasteiger partial charge is 0.320 e. The molecule has 8 heteroatoms. The molecule has 0 unspecified atom stereocenters. The molecule has 0 bridgehead atoms.